The molecular weight excluding hydrogens is 1190 g/mol. The number of aliphatic carboxylic acids is 2. The Labute approximate surface area is 517 Å². The van der Waals surface area contributed by atoms with E-state index < -0.39 is 108 Å². The number of benzene rings is 2. The van der Waals surface area contributed by atoms with Gasteiger partial charge in [-0.05, 0) is 64.9 Å². The number of fused-ring (bicyclic) bond motifs is 6. The lowest BCUT2D eigenvalue weighted by Gasteiger charge is -2.43. The Hall–Kier alpha value is -5.83. The van der Waals surface area contributed by atoms with Crippen molar-refractivity contribution in [1.82, 2.24) is 30.7 Å². The molecule has 29 heteroatoms. The van der Waals surface area contributed by atoms with E-state index in [0.717, 1.165) is 19.6 Å². The van der Waals surface area contributed by atoms with Gasteiger partial charge in [0.25, 0.3) is 5.91 Å². The van der Waals surface area contributed by atoms with E-state index in [1.54, 1.807) is 0 Å². The van der Waals surface area contributed by atoms with Crippen LogP contribution in [0.25, 0.3) is 0 Å². The standard InChI is InChI=1S/C45H56N4O16S.C14H25N3O4S/c1-22-40-27(49-14-15-62-43(61-3)41(49)65-40)17-31(63-22)64-29-19-45(59,18-26-33(29)39(55)35-34(37(26)53)36(52)25-5-4-6-28(60-2)32(25)38(35)54)44(58)47-20-24(50)9-16-66-21-30(51)46-10-13-48-11-7-23(8-12-48)42(56)57;15-9-12(18)3-8-22-10-13(19)16-4-7-17-5-1-11(2-6-17)14(20)21/h4-6,22-23,27,29,31,40-41,43,53,55,59H,7-21H2,1-3H3,(H,46,51)(H,47,58)(H,56,57);11H,1-10,15H2,(H,16,19)(H,20,21)/t22-,27-,29-,31-,40+,41+,43-,45-;/m0./s1. The number of ether oxygens (including phenoxy) is 6. The normalized spacial score (nSPS) is 25.6. The van der Waals surface area contributed by atoms with Crippen molar-refractivity contribution >= 4 is 76.3 Å². The molecule has 484 valence electrons. The van der Waals surface area contributed by atoms with Crippen LogP contribution in [0.15, 0.2) is 18.2 Å². The maximum atomic E-state index is 14.2. The Morgan fingerprint density at radius 1 is 0.773 bits per heavy atom. The molecule has 8 atom stereocenters. The molecule has 2 aromatic carbocycles. The van der Waals surface area contributed by atoms with E-state index in [1.165, 1.54) is 55.9 Å². The van der Waals surface area contributed by atoms with Gasteiger partial charge in [0.15, 0.2) is 30.4 Å². The number of carboxylic acids is 2. The minimum atomic E-state index is -2.36. The zero-order valence-electron chi connectivity index (χ0n) is 49.7. The number of rotatable bonds is 26. The van der Waals surface area contributed by atoms with Gasteiger partial charge in [0, 0.05) is 106 Å². The fourth-order valence-corrected chi connectivity index (χ4v) is 14.0. The number of carbonyl (C=O) groups is 9. The van der Waals surface area contributed by atoms with Gasteiger partial charge in [-0.3, -0.25) is 48.1 Å². The minimum Gasteiger partial charge on any atom is -0.507 e. The number of Topliss-reactive ketones (excluding diaryl/α,β-unsaturated/α-hetero) is 2. The number of likely N-dealkylation sites (tertiary alicyclic amines) is 2. The van der Waals surface area contributed by atoms with Crippen LogP contribution in [-0.2, 0) is 63.7 Å². The van der Waals surface area contributed by atoms with Crippen LogP contribution in [0, 0.1) is 11.8 Å². The highest BCUT2D eigenvalue weighted by Crippen LogP contribution is 2.53. The van der Waals surface area contributed by atoms with Crippen LogP contribution in [0.2, 0.25) is 0 Å². The highest BCUT2D eigenvalue weighted by molar-refractivity contribution is 8.00. The smallest absolute Gasteiger partial charge is 0.306 e. The number of methoxy groups -OCH3 is 2. The van der Waals surface area contributed by atoms with Crippen molar-refractivity contribution in [1.29, 1.82) is 0 Å². The first-order chi connectivity index (χ1) is 42.2. The van der Waals surface area contributed by atoms with E-state index in [-0.39, 0.29) is 106 Å². The van der Waals surface area contributed by atoms with Crippen LogP contribution in [-0.4, -0.2) is 252 Å². The molecule has 0 spiro atoms. The van der Waals surface area contributed by atoms with Crippen molar-refractivity contribution in [3.63, 3.8) is 0 Å². The summed E-state index contributed by atoms with van der Waals surface area (Å²) in [7, 11) is 2.86. The van der Waals surface area contributed by atoms with Gasteiger partial charge in [0.2, 0.25) is 17.6 Å². The molecule has 5 heterocycles. The van der Waals surface area contributed by atoms with Gasteiger partial charge in [-0.1, -0.05) is 12.1 Å². The molecule has 0 saturated carbocycles. The van der Waals surface area contributed by atoms with Gasteiger partial charge >= 0.3 is 11.9 Å². The second-order valence-electron chi connectivity index (χ2n) is 22.9. The van der Waals surface area contributed by atoms with Gasteiger partial charge in [0.1, 0.15) is 34.7 Å². The fraction of sp³-hybridized carbons (Fsp3) is 0.644. The van der Waals surface area contributed by atoms with Gasteiger partial charge < -0.3 is 85.4 Å². The monoisotopic (exact) mass is 1270 g/mol. The number of carbonyl (C=O) groups excluding carboxylic acids is 7. The third-order valence-electron chi connectivity index (χ3n) is 17.2. The number of aliphatic hydroxyl groups is 1. The largest absolute Gasteiger partial charge is 0.507 e. The average Bonchev–Trinajstić information content (AvgIpc) is 0.870. The molecule has 2 aliphatic carbocycles. The van der Waals surface area contributed by atoms with Gasteiger partial charge in [-0.2, -0.15) is 23.5 Å². The second kappa shape index (κ2) is 31.3. The van der Waals surface area contributed by atoms with Gasteiger partial charge in [-0.15, -0.1) is 0 Å². The molecule has 0 bridgehead atoms. The van der Waals surface area contributed by atoms with E-state index in [9.17, 15) is 63.6 Å². The van der Waals surface area contributed by atoms with Gasteiger partial charge in [-0.25, -0.2) is 0 Å². The number of nitrogens with two attached hydrogens (primary N) is 1. The lowest BCUT2D eigenvalue weighted by Crippen LogP contribution is -2.55. The molecule has 0 unspecified atom stereocenters. The molecule has 10 N–H and O–H groups in total. The second-order valence-corrected chi connectivity index (χ2v) is 25.1. The number of hydrogen-bond donors (Lipinski definition) is 9. The van der Waals surface area contributed by atoms with E-state index in [4.69, 9.17) is 39.3 Å². The zero-order chi connectivity index (χ0) is 63.4. The number of amides is 3. The lowest BCUT2D eigenvalue weighted by atomic mass is 9.72. The number of ketones is 4. The Morgan fingerprint density at radius 3 is 1.93 bits per heavy atom. The molecule has 5 saturated heterocycles. The van der Waals surface area contributed by atoms with Crippen LogP contribution >= 0.6 is 23.5 Å². The van der Waals surface area contributed by atoms with Crippen molar-refractivity contribution in [2.45, 2.75) is 113 Å². The first-order valence-corrected chi connectivity index (χ1v) is 32.0. The maximum absolute atomic E-state index is 14.2. The van der Waals surface area contributed by atoms with Crippen molar-refractivity contribution in [2.75, 3.05) is 116 Å². The molecule has 7 aliphatic rings. The Bertz CT molecular complexity index is 2910. The summed E-state index contributed by atoms with van der Waals surface area (Å²) in [5, 5.41) is 62.5. The number of phenolic OH excluding ortho intramolecular Hbond substituents is 2. The lowest BCUT2D eigenvalue weighted by molar-refractivity contribution is -0.256. The summed E-state index contributed by atoms with van der Waals surface area (Å²) in [4.78, 5) is 119. The fourth-order valence-electron chi connectivity index (χ4n) is 12.4. The number of carboxylic acid groups (broad SMARTS) is 2. The SMILES string of the molecule is COc1cccc2c1C(=O)c1c(O)c3c(c(O)c1C2=O)C[C@@](O)(C(=O)NCC(=O)CCSCC(=O)NCCN1CCC(C(=O)O)CC1)C[C@@H]3O[C@H]1C[C@H]2[C@H](O[C@@H]3[C@@H](OC)OCCN32)[C@H](C)O1.NCC(=O)CCSCC(=O)NCCN1CCC(C(=O)O)CC1. The number of nitrogens with zero attached hydrogens (tertiary/aromatic N) is 3. The first kappa shape index (κ1) is 68.1. The van der Waals surface area contributed by atoms with Crippen molar-refractivity contribution < 1.29 is 97.1 Å². The predicted octanol–water partition coefficient (Wildman–Crippen LogP) is 0.422. The van der Waals surface area contributed by atoms with Crippen LogP contribution in [0.1, 0.15) is 107 Å². The van der Waals surface area contributed by atoms with E-state index in [0.29, 0.717) is 89.5 Å². The Morgan fingerprint density at radius 2 is 1.36 bits per heavy atom. The first-order valence-electron chi connectivity index (χ1n) is 29.7. The summed E-state index contributed by atoms with van der Waals surface area (Å²) in [6, 6.07) is 4.16. The molecule has 5 fully saturated rings. The molecule has 9 rings (SSSR count). The summed E-state index contributed by atoms with van der Waals surface area (Å²) in [5.41, 5.74) is 1.39. The number of phenols is 2. The Balaban J connectivity index is 0.000000385. The highest BCUT2D eigenvalue weighted by atomic mass is 32.2. The number of nitrogens with one attached hydrogen (secondary N) is 3. The summed E-state index contributed by atoms with van der Waals surface area (Å²) in [6.07, 6.45) is -2.47. The molecule has 5 aliphatic heterocycles. The van der Waals surface area contributed by atoms with Crippen molar-refractivity contribution in [3.8, 4) is 17.2 Å². The van der Waals surface area contributed by atoms with Crippen LogP contribution in [0.3, 0.4) is 0 Å². The van der Waals surface area contributed by atoms with Crippen LogP contribution in [0.4, 0.5) is 0 Å². The number of aromatic hydroxyl groups is 2. The topological polar surface area (TPSA) is 382 Å². The Kier molecular flexibility index (Phi) is 24.2. The number of thioether (sulfide) groups is 2. The van der Waals surface area contributed by atoms with E-state index in [2.05, 4.69) is 30.7 Å². The molecular formula is C59H81N7O20S2. The molecule has 27 nitrogen and oxygen atoms in total. The highest BCUT2D eigenvalue weighted by Gasteiger charge is 2.55. The van der Waals surface area contributed by atoms with E-state index >= 15 is 0 Å². The van der Waals surface area contributed by atoms with Crippen molar-refractivity contribution in [3.05, 3.63) is 51.6 Å². The molecule has 0 radical (unpaired) electrons. The van der Waals surface area contributed by atoms with Gasteiger partial charge in [0.05, 0.1) is 79.0 Å². The molecule has 0 aromatic heterocycles. The number of morpholine rings is 1. The summed E-state index contributed by atoms with van der Waals surface area (Å²) in [5.74, 6) is -5.16. The molecule has 2 aromatic rings. The average molecular weight is 1270 g/mol. The predicted molar refractivity (Wildman–Crippen MR) is 317 cm³/mol. The van der Waals surface area contributed by atoms with Crippen LogP contribution < -0.4 is 26.4 Å². The number of hydrogen-bond acceptors (Lipinski definition) is 24. The quantitative estimate of drug-likeness (QED) is 0.0388. The van der Waals surface area contributed by atoms with E-state index in [1.807, 2.05) is 6.92 Å². The maximum Gasteiger partial charge on any atom is 0.306 e. The third kappa shape index (κ3) is 16.4. The summed E-state index contributed by atoms with van der Waals surface area (Å²) in [6.45, 7) is 7.49. The molecule has 3 amide bonds. The summed E-state index contributed by atoms with van der Waals surface area (Å²) >= 11 is 2.67. The summed E-state index contributed by atoms with van der Waals surface area (Å²) < 4.78 is 35.9. The third-order valence-corrected chi connectivity index (χ3v) is 19.1. The molecule has 88 heavy (non-hydrogen) atoms. The minimum absolute atomic E-state index is 0.00511. The van der Waals surface area contributed by atoms with Crippen LogP contribution in [0.5, 0.6) is 17.2 Å². The number of piperidine rings is 2. The van der Waals surface area contributed by atoms with Crippen molar-refractivity contribution in [2.24, 2.45) is 17.6 Å². The zero-order valence-corrected chi connectivity index (χ0v) is 51.3.